The minimum Gasteiger partial charge on any atom is -0.497 e. The van der Waals surface area contributed by atoms with Crippen molar-refractivity contribution in [2.45, 2.75) is 0 Å². The van der Waals surface area contributed by atoms with Crippen molar-refractivity contribution < 1.29 is 23.0 Å². The monoisotopic (exact) mass is 385 g/mol. The van der Waals surface area contributed by atoms with E-state index in [4.69, 9.17) is 9.47 Å². The van der Waals surface area contributed by atoms with Gasteiger partial charge < -0.3 is 20.1 Å². The van der Waals surface area contributed by atoms with Crippen molar-refractivity contribution in [1.82, 2.24) is 4.98 Å². The molecule has 3 rings (SSSR count). The number of ether oxygens (including phenoxy) is 2. The van der Waals surface area contributed by atoms with E-state index in [0.29, 0.717) is 17.2 Å². The van der Waals surface area contributed by atoms with E-state index in [2.05, 4.69) is 15.6 Å². The average molecular weight is 385 g/mol. The lowest BCUT2D eigenvalue weighted by atomic mass is 10.2. The molecule has 1 heterocycles. The highest BCUT2D eigenvalue weighted by molar-refractivity contribution is 6.05. The van der Waals surface area contributed by atoms with E-state index >= 15 is 0 Å². The zero-order chi connectivity index (χ0) is 20.1. The molecule has 6 nitrogen and oxygen atoms in total. The minimum absolute atomic E-state index is 0.194. The Morgan fingerprint density at radius 2 is 1.75 bits per heavy atom. The smallest absolute Gasteiger partial charge is 0.257 e. The van der Waals surface area contributed by atoms with Crippen LogP contribution in [0.4, 0.5) is 25.8 Å². The Morgan fingerprint density at radius 1 is 1.00 bits per heavy atom. The van der Waals surface area contributed by atoms with Gasteiger partial charge in [-0.05, 0) is 30.3 Å². The number of benzene rings is 2. The quantitative estimate of drug-likeness (QED) is 0.659. The predicted octanol–water partition coefficient (Wildman–Crippen LogP) is 4.37. The van der Waals surface area contributed by atoms with E-state index < -0.39 is 17.5 Å². The second-order valence-electron chi connectivity index (χ2n) is 5.70. The van der Waals surface area contributed by atoms with Gasteiger partial charge in [0.25, 0.3) is 5.91 Å². The number of hydrogen-bond acceptors (Lipinski definition) is 5. The maximum Gasteiger partial charge on any atom is 0.257 e. The minimum atomic E-state index is -0.752. The number of methoxy groups -OCH3 is 2. The number of carbonyl (C=O) groups excluding carboxylic acids is 1. The zero-order valence-electron chi connectivity index (χ0n) is 15.1. The molecule has 0 bridgehead atoms. The lowest BCUT2D eigenvalue weighted by molar-refractivity contribution is 0.102. The van der Waals surface area contributed by atoms with E-state index in [9.17, 15) is 13.6 Å². The Labute approximate surface area is 160 Å². The molecular weight excluding hydrogens is 368 g/mol. The van der Waals surface area contributed by atoms with Crippen molar-refractivity contribution in [1.29, 1.82) is 0 Å². The van der Waals surface area contributed by atoms with Gasteiger partial charge in [0.1, 0.15) is 28.8 Å². The number of halogens is 2. The van der Waals surface area contributed by atoms with Gasteiger partial charge in [-0.3, -0.25) is 9.78 Å². The average Bonchev–Trinajstić information content (AvgIpc) is 2.71. The van der Waals surface area contributed by atoms with Crippen LogP contribution in [0, 0.1) is 11.6 Å². The number of amides is 1. The lowest BCUT2D eigenvalue weighted by Gasteiger charge is -2.12. The van der Waals surface area contributed by atoms with Crippen molar-refractivity contribution >= 4 is 23.0 Å². The SMILES string of the molecule is COc1ccc(NC(=O)c2cncc(Nc3c(F)cccc3F)c2)c(OC)c1. The summed E-state index contributed by atoms with van der Waals surface area (Å²) < 4.78 is 38.0. The van der Waals surface area contributed by atoms with Crippen LogP contribution >= 0.6 is 0 Å². The van der Waals surface area contributed by atoms with Crippen LogP contribution in [0.5, 0.6) is 11.5 Å². The molecule has 3 aromatic rings. The Bertz CT molecular complexity index is 991. The number of hydrogen-bond donors (Lipinski definition) is 2. The summed E-state index contributed by atoms with van der Waals surface area (Å²) in [7, 11) is 3.00. The number of pyridine rings is 1. The molecule has 28 heavy (non-hydrogen) atoms. The fraction of sp³-hybridized carbons (Fsp3) is 0.100. The third-order valence-electron chi connectivity index (χ3n) is 3.89. The molecule has 0 saturated carbocycles. The first kappa shape index (κ1) is 19.1. The fourth-order valence-electron chi connectivity index (χ4n) is 2.49. The molecule has 0 atom stereocenters. The van der Waals surface area contributed by atoms with Crippen molar-refractivity contribution in [2.24, 2.45) is 0 Å². The third kappa shape index (κ3) is 4.17. The molecular formula is C20H17F2N3O3. The Kier molecular flexibility index (Phi) is 5.69. The van der Waals surface area contributed by atoms with Crippen molar-refractivity contribution in [2.75, 3.05) is 24.9 Å². The van der Waals surface area contributed by atoms with Crippen LogP contribution in [0.15, 0.2) is 54.9 Å². The molecule has 0 aliphatic rings. The maximum absolute atomic E-state index is 13.8. The van der Waals surface area contributed by atoms with Crippen molar-refractivity contribution in [3.63, 3.8) is 0 Å². The van der Waals surface area contributed by atoms with Crippen LogP contribution in [-0.4, -0.2) is 25.1 Å². The molecule has 0 unspecified atom stereocenters. The highest BCUT2D eigenvalue weighted by Gasteiger charge is 2.13. The number of nitrogens with zero attached hydrogens (tertiary/aromatic N) is 1. The van der Waals surface area contributed by atoms with Gasteiger partial charge in [0, 0.05) is 12.3 Å². The number of rotatable bonds is 6. The Balaban J connectivity index is 1.81. The van der Waals surface area contributed by atoms with Crippen molar-refractivity contribution in [3.8, 4) is 11.5 Å². The summed E-state index contributed by atoms with van der Waals surface area (Å²) in [4.78, 5) is 16.5. The number of para-hydroxylation sites is 1. The molecule has 1 amide bonds. The summed E-state index contributed by atoms with van der Waals surface area (Å²) in [5, 5.41) is 5.31. The van der Waals surface area contributed by atoms with Crippen LogP contribution in [0.2, 0.25) is 0 Å². The van der Waals surface area contributed by atoms with Gasteiger partial charge in [0.05, 0.1) is 37.4 Å². The summed E-state index contributed by atoms with van der Waals surface area (Å²) in [6.07, 6.45) is 2.70. The molecule has 2 N–H and O–H groups in total. The number of aromatic nitrogens is 1. The molecule has 144 valence electrons. The molecule has 0 aliphatic carbocycles. The molecule has 0 aliphatic heterocycles. The van der Waals surface area contributed by atoms with Gasteiger partial charge in [-0.1, -0.05) is 6.07 Å². The van der Waals surface area contributed by atoms with Crippen LogP contribution in [0.25, 0.3) is 0 Å². The predicted molar refractivity (Wildman–Crippen MR) is 101 cm³/mol. The van der Waals surface area contributed by atoms with Gasteiger partial charge in [-0.2, -0.15) is 0 Å². The van der Waals surface area contributed by atoms with Crippen LogP contribution < -0.4 is 20.1 Å². The molecule has 0 saturated heterocycles. The van der Waals surface area contributed by atoms with Gasteiger partial charge in [-0.15, -0.1) is 0 Å². The van der Waals surface area contributed by atoms with Gasteiger partial charge in [-0.25, -0.2) is 8.78 Å². The standard InChI is InChI=1S/C20H17F2N3O3/c1-27-14-6-7-17(18(9-14)28-2)25-20(26)12-8-13(11-23-10-12)24-19-15(21)4-3-5-16(19)22/h3-11,24H,1-2H3,(H,25,26). The third-order valence-corrected chi connectivity index (χ3v) is 3.89. The number of nitrogens with one attached hydrogen (secondary N) is 2. The van der Waals surface area contributed by atoms with E-state index in [0.717, 1.165) is 12.1 Å². The zero-order valence-corrected chi connectivity index (χ0v) is 15.1. The first-order valence-electron chi connectivity index (χ1n) is 8.21. The second kappa shape index (κ2) is 8.34. The fourth-order valence-corrected chi connectivity index (χ4v) is 2.49. The summed E-state index contributed by atoms with van der Waals surface area (Å²) in [5.74, 6) is -0.970. The summed E-state index contributed by atoms with van der Waals surface area (Å²) in [6.45, 7) is 0. The Hall–Kier alpha value is -3.68. The maximum atomic E-state index is 13.8. The highest BCUT2D eigenvalue weighted by atomic mass is 19.1. The van der Waals surface area contributed by atoms with Gasteiger partial charge in [0.2, 0.25) is 0 Å². The van der Waals surface area contributed by atoms with Crippen LogP contribution in [0.3, 0.4) is 0 Å². The van der Waals surface area contributed by atoms with E-state index in [1.165, 1.54) is 38.7 Å². The highest BCUT2D eigenvalue weighted by Crippen LogP contribution is 2.29. The second-order valence-corrected chi connectivity index (χ2v) is 5.70. The lowest BCUT2D eigenvalue weighted by Crippen LogP contribution is -2.13. The van der Waals surface area contributed by atoms with E-state index in [1.807, 2.05) is 0 Å². The molecule has 1 aromatic heterocycles. The van der Waals surface area contributed by atoms with E-state index in [-0.39, 0.29) is 16.9 Å². The largest absolute Gasteiger partial charge is 0.497 e. The molecule has 0 fully saturated rings. The normalized spacial score (nSPS) is 10.3. The van der Waals surface area contributed by atoms with Gasteiger partial charge in [0.15, 0.2) is 0 Å². The van der Waals surface area contributed by atoms with Crippen molar-refractivity contribution in [3.05, 3.63) is 72.1 Å². The summed E-state index contributed by atoms with van der Waals surface area (Å²) in [6, 6.07) is 9.91. The molecule has 8 heteroatoms. The first-order valence-corrected chi connectivity index (χ1v) is 8.21. The van der Waals surface area contributed by atoms with Crippen LogP contribution in [0.1, 0.15) is 10.4 Å². The topological polar surface area (TPSA) is 72.5 Å². The van der Waals surface area contributed by atoms with E-state index in [1.54, 1.807) is 18.2 Å². The molecule has 0 spiro atoms. The summed E-state index contributed by atoms with van der Waals surface area (Å²) >= 11 is 0. The van der Waals surface area contributed by atoms with Crippen LogP contribution in [-0.2, 0) is 0 Å². The Morgan fingerprint density at radius 3 is 2.43 bits per heavy atom. The van der Waals surface area contributed by atoms with Gasteiger partial charge >= 0.3 is 0 Å². The first-order chi connectivity index (χ1) is 13.5. The molecule has 0 radical (unpaired) electrons. The summed E-state index contributed by atoms with van der Waals surface area (Å²) in [5.41, 5.74) is 0.573. The number of carbonyl (C=O) groups is 1. The molecule has 2 aromatic carbocycles. The number of anilines is 3.